The third-order valence-electron chi connectivity index (χ3n) is 4.63. The fourth-order valence-corrected chi connectivity index (χ4v) is 4.16. The molecule has 0 aliphatic carbocycles. The highest BCUT2D eigenvalue weighted by Crippen LogP contribution is 2.34. The Balaban J connectivity index is 1.64. The van der Waals surface area contributed by atoms with E-state index < -0.39 is 22.0 Å². The number of anilines is 2. The maximum Gasteiger partial charge on any atom is 0.268 e. The maximum absolute atomic E-state index is 12.7. The Labute approximate surface area is 180 Å². The van der Waals surface area contributed by atoms with Gasteiger partial charge in [-0.15, -0.1) is 0 Å². The van der Waals surface area contributed by atoms with Crippen molar-refractivity contribution in [2.24, 2.45) is 0 Å². The van der Waals surface area contributed by atoms with E-state index in [1.54, 1.807) is 23.1 Å². The summed E-state index contributed by atoms with van der Waals surface area (Å²) in [6.45, 7) is 3.14. The second kappa shape index (κ2) is 9.17. The van der Waals surface area contributed by atoms with Crippen molar-refractivity contribution in [1.29, 1.82) is 0 Å². The molecule has 9 nitrogen and oxygen atoms in total. The van der Waals surface area contributed by atoms with Crippen LogP contribution in [-0.4, -0.2) is 38.8 Å². The number of para-hydroxylation sites is 2. The zero-order chi connectivity index (χ0) is 22.6. The molecule has 1 aliphatic rings. The third-order valence-corrected chi connectivity index (χ3v) is 6.08. The summed E-state index contributed by atoms with van der Waals surface area (Å²) in [5.41, 5.74) is 1.02. The summed E-state index contributed by atoms with van der Waals surface area (Å²) in [6, 6.07) is 12.6. The predicted octanol–water partition coefficient (Wildman–Crippen LogP) is 2.04. The number of rotatable bonds is 7. The summed E-state index contributed by atoms with van der Waals surface area (Å²) < 4.78 is 31.5. The molecule has 2 N–H and O–H groups in total. The lowest BCUT2D eigenvalue weighted by molar-refractivity contribution is -0.126. The average Bonchev–Trinajstić information content (AvgIpc) is 2.72. The molecule has 10 heteroatoms. The molecule has 0 radical (unpaired) electrons. The van der Waals surface area contributed by atoms with Crippen LogP contribution in [0.2, 0.25) is 0 Å². The number of nitrogens with one attached hydrogen (secondary N) is 2. The van der Waals surface area contributed by atoms with Crippen LogP contribution < -0.4 is 19.7 Å². The highest BCUT2D eigenvalue weighted by molar-refractivity contribution is 7.90. The molecular formula is C21H23N3O6S. The van der Waals surface area contributed by atoms with E-state index in [1.807, 2.05) is 17.7 Å². The highest BCUT2D eigenvalue weighted by Gasteiger charge is 2.33. The van der Waals surface area contributed by atoms with Crippen LogP contribution in [0.5, 0.6) is 5.75 Å². The third kappa shape index (κ3) is 5.21. The first-order valence-corrected chi connectivity index (χ1v) is 11.2. The molecule has 0 fully saturated rings. The number of sulfonamides is 1. The van der Waals surface area contributed by atoms with Gasteiger partial charge in [0.1, 0.15) is 5.75 Å². The quantitative estimate of drug-likeness (QED) is 0.673. The first-order valence-electron chi connectivity index (χ1n) is 9.71. The molecule has 3 amide bonds. The topological polar surface area (TPSA) is 122 Å². The monoisotopic (exact) mass is 445 g/mol. The van der Waals surface area contributed by atoms with Gasteiger partial charge in [0.2, 0.25) is 11.8 Å². The lowest BCUT2D eigenvalue weighted by Gasteiger charge is -2.33. The molecular weight excluding hydrogens is 422 g/mol. The Kier molecular flexibility index (Phi) is 6.59. The summed E-state index contributed by atoms with van der Waals surface area (Å²) in [5, 5.41) is 2.67. The molecule has 0 aromatic heterocycles. The van der Waals surface area contributed by atoms with E-state index in [4.69, 9.17) is 4.74 Å². The van der Waals surface area contributed by atoms with E-state index in [0.29, 0.717) is 23.5 Å². The largest absolute Gasteiger partial charge is 0.478 e. The van der Waals surface area contributed by atoms with Crippen molar-refractivity contribution in [1.82, 2.24) is 4.72 Å². The van der Waals surface area contributed by atoms with Crippen LogP contribution in [0, 0.1) is 0 Å². The van der Waals surface area contributed by atoms with Gasteiger partial charge in [0, 0.05) is 25.6 Å². The molecule has 2 aromatic rings. The number of amides is 3. The molecule has 2 aromatic carbocycles. The molecule has 3 rings (SSSR count). The number of hydrogen-bond donors (Lipinski definition) is 2. The van der Waals surface area contributed by atoms with Gasteiger partial charge in [-0.3, -0.25) is 14.4 Å². The molecule has 0 saturated heterocycles. The zero-order valence-corrected chi connectivity index (χ0v) is 17.9. The lowest BCUT2D eigenvalue weighted by atomic mass is 10.1. The SMILES string of the molecule is CCC1Oc2ccccc2N(CCC(=O)Nc2ccc(S(=O)(=O)NC(C)=O)cc2)C1=O. The van der Waals surface area contributed by atoms with Crippen LogP contribution in [0.25, 0.3) is 0 Å². The Bertz CT molecular complexity index is 1100. The predicted molar refractivity (Wildman–Crippen MR) is 114 cm³/mol. The number of nitrogens with zero attached hydrogens (tertiary/aromatic N) is 1. The molecule has 164 valence electrons. The molecule has 31 heavy (non-hydrogen) atoms. The van der Waals surface area contributed by atoms with Crippen molar-refractivity contribution < 1.29 is 27.5 Å². The second-order valence-corrected chi connectivity index (χ2v) is 8.64. The van der Waals surface area contributed by atoms with Crippen molar-refractivity contribution in [3.63, 3.8) is 0 Å². The van der Waals surface area contributed by atoms with Crippen molar-refractivity contribution in [3.8, 4) is 5.75 Å². The Morgan fingerprint density at radius 3 is 2.42 bits per heavy atom. The second-order valence-electron chi connectivity index (χ2n) is 6.96. The minimum absolute atomic E-state index is 0.0441. The van der Waals surface area contributed by atoms with E-state index in [0.717, 1.165) is 6.92 Å². The summed E-state index contributed by atoms with van der Waals surface area (Å²) in [7, 11) is -3.94. The first kappa shape index (κ1) is 22.3. The maximum atomic E-state index is 12.7. The standard InChI is InChI=1S/C21H23N3O6S/c1-3-18-21(27)24(17-6-4-5-7-19(17)30-18)13-12-20(26)22-15-8-10-16(11-9-15)31(28,29)23-14(2)25/h4-11,18H,3,12-13H2,1-2H3,(H,22,26)(H,23,25). The van der Waals surface area contributed by atoms with Crippen LogP contribution in [0.15, 0.2) is 53.4 Å². The van der Waals surface area contributed by atoms with Crippen molar-refractivity contribution in [2.45, 2.75) is 37.7 Å². The van der Waals surface area contributed by atoms with Crippen LogP contribution in [0.3, 0.4) is 0 Å². The van der Waals surface area contributed by atoms with Crippen molar-refractivity contribution >= 4 is 39.1 Å². The Morgan fingerprint density at radius 2 is 1.77 bits per heavy atom. The Hall–Kier alpha value is -3.40. The number of fused-ring (bicyclic) bond motifs is 1. The van der Waals surface area contributed by atoms with Crippen molar-refractivity contribution in [2.75, 3.05) is 16.8 Å². The van der Waals surface area contributed by atoms with Gasteiger partial charge >= 0.3 is 0 Å². The molecule has 1 atom stereocenters. The molecule has 0 bridgehead atoms. The van der Waals surface area contributed by atoms with E-state index in [-0.39, 0.29) is 29.7 Å². The summed E-state index contributed by atoms with van der Waals surface area (Å²) in [5.74, 6) is -0.615. The number of carbonyl (C=O) groups excluding carboxylic acids is 3. The number of hydrogen-bond acceptors (Lipinski definition) is 6. The van der Waals surface area contributed by atoms with Gasteiger partial charge in [0.25, 0.3) is 15.9 Å². The van der Waals surface area contributed by atoms with Gasteiger partial charge < -0.3 is 15.0 Å². The smallest absolute Gasteiger partial charge is 0.268 e. The molecule has 1 unspecified atom stereocenters. The lowest BCUT2D eigenvalue weighted by Crippen LogP contribution is -2.46. The summed E-state index contributed by atoms with van der Waals surface area (Å²) in [6.07, 6.45) is -0.0254. The van der Waals surface area contributed by atoms with Gasteiger partial charge in [-0.25, -0.2) is 13.1 Å². The van der Waals surface area contributed by atoms with Gasteiger partial charge in [-0.1, -0.05) is 19.1 Å². The zero-order valence-electron chi connectivity index (χ0n) is 17.1. The highest BCUT2D eigenvalue weighted by atomic mass is 32.2. The molecule has 1 aliphatic heterocycles. The molecule has 1 heterocycles. The van der Waals surface area contributed by atoms with Crippen LogP contribution in [0.4, 0.5) is 11.4 Å². The minimum atomic E-state index is -3.94. The van der Waals surface area contributed by atoms with Gasteiger partial charge in [-0.2, -0.15) is 0 Å². The fraction of sp³-hybridized carbons (Fsp3) is 0.286. The van der Waals surface area contributed by atoms with Crippen LogP contribution in [0.1, 0.15) is 26.7 Å². The van der Waals surface area contributed by atoms with Gasteiger partial charge in [0.05, 0.1) is 10.6 Å². The molecule has 0 spiro atoms. The number of ether oxygens (including phenoxy) is 1. The van der Waals surface area contributed by atoms with E-state index >= 15 is 0 Å². The number of benzene rings is 2. The molecule has 0 saturated carbocycles. The summed E-state index contributed by atoms with van der Waals surface area (Å²) in [4.78, 5) is 37.5. The minimum Gasteiger partial charge on any atom is -0.478 e. The van der Waals surface area contributed by atoms with Crippen LogP contribution in [-0.2, 0) is 24.4 Å². The van der Waals surface area contributed by atoms with Gasteiger partial charge in [0.15, 0.2) is 6.10 Å². The normalized spacial score (nSPS) is 15.6. The van der Waals surface area contributed by atoms with E-state index in [1.165, 1.54) is 24.3 Å². The van der Waals surface area contributed by atoms with Crippen LogP contribution >= 0.6 is 0 Å². The van der Waals surface area contributed by atoms with E-state index in [9.17, 15) is 22.8 Å². The van der Waals surface area contributed by atoms with E-state index in [2.05, 4.69) is 5.32 Å². The fourth-order valence-electron chi connectivity index (χ4n) is 3.17. The van der Waals surface area contributed by atoms with Crippen molar-refractivity contribution in [3.05, 3.63) is 48.5 Å². The summed E-state index contributed by atoms with van der Waals surface area (Å²) >= 11 is 0. The Morgan fingerprint density at radius 1 is 1.10 bits per heavy atom. The first-order chi connectivity index (χ1) is 14.7. The average molecular weight is 445 g/mol. The van der Waals surface area contributed by atoms with Gasteiger partial charge in [-0.05, 0) is 42.8 Å². The number of carbonyl (C=O) groups is 3.